The molecule has 0 spiro atoms. The second kappa shape index (κ2) is 9.99. The Balaban J connectivity index is 1.31. The van der Waals surface area contributed by atoms with Gasteiger partial charge in [-0.2, -0.15) is 0 Å². The smallest absolute Gasteiger partial charge is 0.256 e. The minimum absolute atomic E-state index is 0.0757. The molecule has 1 aromatic heterocycles. The number of hydrogen-bond donors (Lipinski definition) is 1. The molecule has 1 N–H and O–H groups in total. The molecule has 41 heavy (non-hydrogen) atoms. The molecule has 4 amide bonds. The number of imide groups is 1. The highest BCUT2D eigenvalue weighted by Crippen LogP contribution is 2.39. The van der Waals surface area contributed by atoms with Crippen LogP contribution >= 0.6 is 0 Å². The minimum atomic E-state index is -1.51. The quantitative estimate of drug-likeness (QED) is 0.460. The van der Waals surface area contributed by atoms with Crippen LogP contribution in [0.1, 0.15) is 51.3 Å². The summed E-state index contributed by atoms with van der Waals surface area (Å²) >= 11 is 0. The molecule has 11 heteroatoms. The molecule has 1 atom stereocenters. The zero-order valence-electron chi connectivity index (χ0n) is 23.2. The molecule has 2 fully saturated rings. The zero-order chi connectivity index (χ0) is 29.1. The van der Waals surface area contributed by atoms with Gasteiger partial charge in [-0.3, -0.25) is 24.5 Å². The second-order valence-corrected chi connectivity index (χ2v) is 11.3. The van der Waals surface area contributed by atoms with Crippen molar-refractivity contribution in [2.24, 2.45) is 0 Å². The highest BCUT2D eigenvalue weighted by Gasteiger charge is 2.53. The van der Waals surface area contributed by atoms with Crippen molar-refractivity contribution in [1.82, 2.24) is 20.0 Å². The van der Waals surface area contributed by atoms with Crippen molar-refractivity contribution in [3.05, 3.63) is 64.7 Å². The van der Waals surface area contributed by atoms with E-state index in [1.54, 1.807) is 29.2 Å². The number of amides is 4. The van der Waals surface area contributed by atoms with E-state index < -0.39 is 29.0 Å². The second-order valence-electron chi connectivity index (χ2n) is 11.3. The fourth-order valence-corrected chi connectivity index (χ4v) is 6.19. The van der Waals surface area contributed by atoms with Gasteiger partial charge in [0.2, 0.25) is 11.8 Å². The van der Waals surface area contributed by atoms with Crippen LogP contribution in [0.2, 0.25) is 0 Å². The third kappa shape index (κ3) is 4.54. The molecule has 6 rings (SSSR count). The number of nitrogens with zero attached hydrogens (tertiary/aromatic N) is 3. The van der Waals surface area contributed by atoms with Crippen molar-refractivity contribution in [1.29, 1.82) is 0 Å². The molecule has 2 saturated heterocycles. The average Bonchev–Trinajstić information content (AvgIpc) is 3.60. The van der Waals surface area contributed by atoms with E-state index in [0.717, 1.165) is 24.5 Å². The number of ether oxygens (including phenoxy) is 1. The Morgan fingerprint density at radius 2 is 1.90 bits per heavy atom. The lowest BCUT2D eigenvalue weighted by Gasteiger charge is -2.35. The maximum absolute atomic E-state index is 15.2. The molecule has 10 nitrogen and oxygen atoms in total. The molecular weight excluding hydrogens is 531 g/mol. The number of rotatable bonds is 6. The maximum atomic E-state index is 15.2. The first-order valence-electron chi connectivity index (χ1n) is 13.6. The fraction of sp³-hybridized carbons (Fsp3) is 0.400. The van der Waals surface area contributed by atoms with E-state index in [9.17, 15) is 19.2 Å². The number of nitrogens with one attached hydrogen (secondary N) is 1. The summed E-state index contributed by atoms with van der Waals surface area (Å²) in [6, 6.07) is 9.72. The highest BCUT2D eigenvalue weighted by atomic mass is 19.1. The number of likely N-dealkylation sites (tertiary alicyclic amines) is 1. The molecule has 2 aromatic carbocycles. The Bertz CT molecular complexity index is 1590. The van der Waals surface area contributed by atoms with Gasteiger partial charge in [-0.15, -0.1) is 0 Å². The number of halogens is 1. The van der Waals surface area contributed by atoms with Crippen molar-refractivity contribution in [3.8, 4) is 5.75 Å². The van der Waals surface area contributed by atoms with Crippen molar-refractivity contribution >= 4 is 34.6 Å². The van der Waals surface area contributed by atoms with E-state index in [2.05, 4.69) is 10.2 Å². The van der Waals surface area contributed by atoms with Gasteiger partial charge in [0.1, 0.15) is 28.3 Å². The van der Waals surface area contributed by atoms with Crippen LogP contribution in [-0.4, -0.2) is 85.2 Å². The molecule has 214 valence electrons. The van der Waals surface area contributed by atoms with Gasteiger partial charge < -0.3 is 23.9 Å². The van der Waals surface area contributed by atoms with Crippen molar-refractivity contribution < 1.29 is 32.7 Å². The SMILES string of the molecule is COc1ccc2c(c1)C(=O)N(C[C@@]1(c3cc4cc(C(=O)N5CCC(N(C)C)CC5)c(F)cc4o3)CC(=O)NC1=O)C2. The van der Waals surface area contributed by atoms with Crippen LogP contribution in [-0.2, 0) is 21.5 Å². The topological polar surface area (TPSA) is 112 Å². The predicted molar refractivity (Wildman–Crippen MR) is 146 cm³/mol. The van der Waals surface area contributed by atoms with Crippen LogP contribution in [0.3, 0.4) is 0 Å². The molecule has 3 aromatic rings. The number of furan rings is 1. The van der Waals surface area contributed by atoms with Gasteiger partial charge in [-0.05, 0) is 56.8 Å². The number of benzene rings is 2. The summed E-state index contributed by atoms with van der Waals surface area (Å²) in [6.45, 7) is 1.19. The van der Waals surface area contributed by atoms with E-state index in [4.69, 9.17) is 9.15 Å². The van der Waals surface area contributed by atoms with Gasteiger partial charge in [0, 0.05) is 49.2 Å². The summed E-state index contributed by atoms with van der Waals surface area (Å²) in [5, 5.41) is 2.77. The molecule has 3 aliphatic rings. The first-order valence-corrected chi connectivity index (χ1v) is 13.6. The largest absolute Gasteiger partial charge is 0.497 e. The molecule has 0 saturated carbocycles. The average molecular weight is 563 g/mol. The van der Waals surface area contributed by atoms with Crippen molar-refractivity contribution in [2.75, 3.05) is 40.8 Å². The lowest BCUT2D eigenvalue weighted by atomic mass is 9.82. The maximum Gasteiger partial charge on any atom is 0.256 e. The van der Waals surface area contributed by atoms with Crippen LogP contribution in [0.25, 0.3) is 11.0 Å². The van der Waals surface area contributed by atoms with Crippen LogP contribution in [0.4, 0.5) is 4.39 Å². The lowest BCUT2D eigenvalue weighted by molar-refractivity contribution is -0.127. The fourth-order valence-electron chi connectivity index (χ4n) is 6.19. The first kappa shape index (κ1) is 26.9. The molecule has 0 aliphatic carbocycles. The number of fused-ring (bicyclic) bond motifs is 2. The normalized spacial score (nSPS) is 21.2. The first-order chi connectivity index (χ1) is 19.6. The Morgan fingerprint density at radius 1 is 1.15 bits per heavy atom. The van der Waals surface area contributed by atoms with Gasteiger partial charge in [0.05, 0.1) is 19.1 Å². The summed E-state index contributed by atoms with van der Waals surface area (Å²) in [5.41, 5.74) is -0.193. The van der Waals surface area contributed by atoms with Crippen LogP contribution in [0.5, 0.6) is 5.75 Å². The Labute approximate surface area is 236 Å². The third-order valence-electron chi connectivity index (χ3n) is 8.60. The number of carbonyl (C=O) groups excluding carboxylic acids is 4. The van der Waals surface area contributed by atoms with E-state index in [-0.39, 0.29) is 42.3 Å². The summed E-state index contributed by atoms with van der Waals surface area (Å²) in [4.78, 5) is 57.6. The number of methoxy groups -OCH3 is 1. The summed E-state index contributed by atoms with van der Waals surface area (Å²) < 4.78 is 26.5. The Hall–Kier alpha value is -4.25. The van der Waals surface area contributed by atoms with Gasteiger partial charge in [-0.25, -0.2) is 4.39 Å². The van der Waals surface area contributed by atoms with Crippen molar-refractivity contribution in [2.45, 2.75) is 37.3 Å². The number of piperidine rings is 1. The predicted octanol–water partition coefficient (Wildman–Crippen LogP) is 2.69. The highest BCUT2D eigenvalue weighted by molar-refractivity contribution is 6.10. The van der Waals surface area contributed by atoms with Crippen molar-refractivity contribution in [3.63, 3.8) is 0 Å². The van der Waals surface area contributed by atoms with Crippen LogP contribution in [0, 0.1) is 5.82 Å². The number of hydrogen-bond acceptors (Lipinski definition) is 7. The monoisotopic (exact) mass is 562 g/mol. The van der Waals surface area contributed by atoms with Gasteiger partial charge >= 0.3 is 0 Å². The van der Waals surface area contributed by atoms with Gasteiger partial charge in [0.15, 0.2) is 0 Å². The molecular formula is C30H31FN4O6. The van der Waals surface area contributed by atoms with Crippen LogP contribution < -0.4 is 10.1 Å². The Kier molecular flexibility index (Phi) is 6.56. The molecule has 0 unspecified atom stereocenters. The van der Waals surface area contributed by atoms with Gasteiger partial charge in [0.25, 0.3) is 11.8 Å². The van der Waals surface area contributed by atoms with E-state index in [1.165, 1.54) is 18.1 Å². The Morgan fingerprint density at radius 3 is 2.56 bits per heavy atom. The summed E-state index contributed by atoms with van der Waals surface area (Å²) in [6.07, 6.45) is 1.37. The number of carbonyl (C=O) groups is 4. The lowest BCUT2D eigenvalue weighted by Crippen LogP contribution is -2.46. The summed E-state index contributed by atoms with van der Waals surface area (Å²) in [7, 11) is 5.53. The van der Waals surface area contributed by atoms with E-state index in [0.29, 0.717) is 35.8 Å². The van der Waals surface area contributed by atoms with Gasteiger partial charge in [-0.1, -0.05) is 6.07 Å². The minimum Gasteiger partial charge on any atom is -0.497 e. The van der Waals surface area contributed by atoms with Crippen LogP contribution in [0.15, 0.2) is 40.8 Å². The van der Waals surface area contributed by atoms with E-state index in [1.807, 2.05) is 14.1 Å². The molecule has 0 bridgehead atoms. The third-order valence-corrected chi connectivity index (χ3v) is 8.60. The summed E-state index contributed by atoms with van der Waals surface area (Å²) in [5.74, 6) is -1.84. The molecule has 0 radical (unpaired) electrons. The molecule has 4 heterocycles. The zero-order valence-corrected chi connectivity index (χ0v) is 23.2. The standard InChI is InChI=1S/C30H31FN4O6/c1-33(2)19-6-8-34(9-7-19)28(38)22-10-18-11-25(41-24(18)13-23(22)31)30(14-26(36)32-29(30)39)16-35-15-17-4-5-20(40-3)12-21(17)27(35)37/h4-5,10-13,19H,6-9,14-16H2,1-3H3,(H,32,36,39)/t30-/m1/s1. The molecule has 3 aliphatic heterocycles. The van der Waals surface area contributed by atoms with E-state index >= 15 is 4.39 Å².